The molecule has 1 N–H and O–H groups in total. The largest absolute Gasteiger partial charge is 0.385 e. The SMILES string of the molecule is COCCC(C)NCC(C)c1ccsc1. The molecule has 1 rings (SSSR count). The molecule has 2 unspecified atom stereocenters. The summed E-state index contributed by atoms with van der Waals surface area (Å²) in [5.74, 6) is 0.598. The topological polar surface area (TPSA) is 21.3 Å². The predicted octanol–water partition coefficient (Wildman–Crippen LogP) is 2.87. The van der Waals surface area contributed by atoms with Gasteiger partial charge in [-0.15, -0.1) is 0 Å². The number of nitrogens with one attached hydrogen (secondary N) is 1. The molecular formula is C12H21NOS. The minimum atomic E-state index is 0.533. The Bertz CT molecular complexity index is 248. The van der Waals surface area contributed by atoms with Gasteiger partial charge in [0.2, 0.25) is 0 Å². The fourth-order valence-corrected chi connectivity index (χ4v) is 2.23. The van der Waals surface area contributed by atoms with E-state index in [0.717, 1.165) is 19.6 Å². The first-order valence-corrected chi connectivity index (χ1v) is 6.42. The van der Waals surface area contributed by atoms with E-state index in [1.807, 2.05) is 0 Å². The van der Waals surface area contributed by atoms with E-state index in [9.17, 15) is 0 Å². The molecule has 0 aliphatic heterocycles. The van der Waals surface area contributed by atoms with E-state index in [1.165, 1.54) is 5.56 Å². The van der Waals surface area contributed by atoms with Gasteiger partial charge in [0.1, 0.15) is 0 Å². The average molecular weight is 227 g/mol. The molecule has 0 aliphatic carbocycles. The minimum Gasteiger partial charge on any atom is -0.385 e. The second-order valence-corrected chi connectivity index (χ2v) is 4.83. The molecule has 1 heterocycles. The van der Waals surface area contributed by atoms with Gasteiger partial charge in [-0.1, -0.05) is 6.92 Å². The van der Waals surface area contributed by atoms with E-state index in [4.69, 9.17) is 4.74 Å². The van der Waals surface area contributed by atoms with Crippen molar-refractivity contribution in [3.8, 4) is 0 Å². The molecule has 0 aliphatic rings. The number of thiophene rings is 1. The highest BCUT2D eigenvalue weighted by molar-refractivity contribution is 7.07. The van der Waals surface area contributed by atoms with Crippen molar-refractivity contribution in [1.82, 2.24) is 5.32 Å². The molecule has 15 heavy (non-hydrogen) atoms. The van der Waals surface area contributed by atoms with Gasteiger partial charge in [-0.05, 0) is 41.7 Å². The Hall–Kier alpha value is -0.380. The lowest BCUT2D eigenvalue weighted by Crippen LogP contribution is -2.30. The van der Waals surface area contributed by atoms with Gasteiger partial charge < -0.3 is 10.1 Å². The summed E-state index contributed by atoms with van der Waals surface area (Å²) in [5.41, 5.74) is 1.44. The molecule has 1 aromatic heterocycles. The summed E-state index contributed by atoms with van der Waals surface area (Å²) in [6.07, 6.45) is 1.08. The summed E-state index contributed by atoms with van der Waals surface area (Å²) in [5, 5.41) is 7.90. The van der Waals surface area contributed by atoms with Crippen molar-refractivity contribution in [2.45, 2.75) is 32.2 Å². The zero-order valence-corrected chi connectivity index (χ0v) is 10.6. The van der Waals surface area contributed by atoms with Crippen LogP contribution in [-0.2, 0) is 4.74 Å². The summed E-state index contributed by atoms with van der Waals surface area (Å²) >= 11 is 1.77. The molecule has 86 valence electrons. The van der Waals surface area contributed by atoms with Crippen LogP contribution in [0.15, 0.2) is 16.8 Å². The molecule has 0 spiro atoms. The Morgan fingerprint density at radius 3 is 2.87 bits per heavy atom. The molecule has 0 saturated heterocycles. The highest BCUT2D eigenvalue weighted by Crippen LogP contribution is 2.17. The van der Waals surface area contributed by atoms with Crippen LogP contribution in [0.1, 0.15) is 31.7 Å². The maximum Gasteiger partial charge on any atom is 0.0476 e. The summed E-state index contributed by atoms with van der Waals surface area (Å²) in [4.78, 5) is 0. The Kier molecular flexibility index (Phi) is 5.91. The third kappa shape index (κ3) is 4.78. The molecule has 2 atom stereocenters. The third-order valence-corrected chi connectivity index (χ3v) is 3.34. The molecule has 0 amide bonds. The second-order valence-electron chi connectivity index (χ2n) is 4.05. The van der Waals surface area contributed by atoms with Crippen molar-refractivity contribution in [1.29, 1.82) is 0 Å². The molecule has 3 heteroatoms. The number of ether oxygens (including phenoxy) is 1. The van der Waals surface area contributed by atoms with Gasteiger partial charge in [-0.25, -0.2) is 0 Å². The van der Waals surface area contributed by atoms with E-state index in [0.29, 0.717) is 12.0 Å². The monoisotopic (exact) mass is 227 g/mol. The van der Waals surface area contributed by atoms with E-state index in [1.54, 1.807) is 18.4 Å². The highest BCUT2D eigenvalue weighted by Gasteiger charge is 2.07. The fourth-order valence-electron chi connectivity index (χ4n) is 1.45. The maximum atomic E-state index is 5.05. The summed E-state index contributed by atoms with van der Waals surface area (Å²) in [6.45, 7) is 6.35. The molecule has 0 aromatic carbocycles. The van der Waals surface area contributed by atoms with Crippen molar-refractivity contribution in [3.63, 3.8) is 0 Å². The van der Waals surface area contributed by atoms with Crippen LogP contribution >= 0.6 is 11.3 Å². The van der Waals surface area contributed by atoms with Crippen molar-refractivity contribution in [2.75, 3.05) is 20.3 Å². The van der Waals surface area contributed by atoms with Crippen molar-refractivity contribution >= 4 is 11.3 Å². The van der Waals surface area contributed by atoms with E-state index >= 15 is 0 Å². The van der Waals surface area contributed by atoms with Gasteiger partial charge >= 0.3 is 0 Å². The number of methoxy groups -OCH3 is 1. The molecule has 0 bridgehead atoms. The van der Waals surface area contributed by atoms with Gasteiger partial charge in [0.15, 0.2) is 0 Å². The van der Waals surface area contributed by atoms with Crippen LogP contribution in [0.2, 0.25) is 0 Å². The summed E-state index contributed by atoms with van der Waals surface area (Å²) in [6, 6.07) is 2.74. The molecular weight excluding hydrogens is 206 g/mol. The lowest BCUT2D eigenvalue weighted by Gasteiger charge is -2.16. The smallest absolute Gasteiger partial charge is 0.0476 e. The third-order valence-electron chi connectivity index (χ3n) is 2.64. The summed E-state index contributed by atoms with van der Waals surface area (Å²) < 4.78 is 5.05. The van der Waals surface area contributed by atoms with Crippen LogP contribution in [0.3, 0.4) is 0 Å². The van der Waals surface area contributed by atoms with Crippen LogP contribution in [0.25, 0.3) is 0 Å². The van der Waals surface area contributed by atoms with E-state index in [-0.39, 0.29) is 0 Å². The molecule has 1 aromatic rings. The first kappa shape index (κ1) is 12.7. The Labute approximate surface area is 96.7 Å². The quantitative estimate of drug-likeness (QED) is 0.773. The molecule has 0 fully saturated rings. The Morgan fingerprint density at radius 1 is 1.47 bits per heavy atom. The first-order chi connectivity index (χ1) is 7.24. The number of hydrogen-bond acceptors (Lipinski definition) is 3. The van der Waals surface area contributed by atoms with Crippen LogP contribution < -0.4 is 5.32 Å². The summed E-state index contributed by atoms with van der Waals surface area (Å²) in [7, 11) is 1.75. The molecule has 2 nitrogen and oxygen atoms in total. The van der Waals surface area contributed by atoms with Crippen molar-refractivity contribution < 1.29 is 4.74 Å². The average Bonchev–Trinajstić information content (AvgIpc) is 2.76. The molecule has 0 saturated carbocycles. The Balaban J connectivity index is 2.19. The number of rotatable bonds is 7. The Morgan fingerprint density at radius 2 is 2.27 bits per heavy atom. The zero-order chi connectivity index (χ0) is 11.1. The normalized spacial score (nSPS) is 15.1. The minimum absolute atomic E-state index is 0.533. The van der Waals surface area contributed by atoms with Crippen LogP contribution in [0.4, 0.5) is 0 Å². The van der Waals surface area contributed by atoms with Crippen molar-refractivity contribution in [2.24, 2.45) is 0 Å². The maximum absolute atomic E-state index is 5.05. The van der Waals surface area contributed by atoms with Gasteiger partial charge in [-0.2, -0.15) is 11.3 Å². The molecule has 0 radical (unpaired) electrons. The van der Waals surface area contributed by atoms with E-state index in [2.05, 4.69) is 36.0 Å². The second kappa shape index (κ2) is 6.99. The van der Waals surface area contributed by atoms with Crippen LogP contribution in [-0.4, -0.2) is 26.3 Å². The first-order valence-electron chi connectivity index (χ1n) is 5.48. The van der Waals surface area contributed by atoms with Crippen LogP contribution in [0.5, 0.6) is 0 Å². The van der Waals surface area contributed by atoms with Gasteiger partial charge in [0.25, 0.3) is 0 Å². The van der Waals surface area contributed by atoms with Gasteiger partial charge in [-0.3, -0.25) is 0 Å². The van der Waals surface area contributed by atoms with Gasteiger partial charge in [0.05, 0.1) is 0 Å². The standard InChI is InChI=1S/C12H21NOS/c1-10(12-5-7-15-9-12)8-13-11(2)4-6-14-3/h5,7,9-11,13H,4,6,8H2,1-3H3. The fraction of sp³-hybridized carbons (Fsp3) is 0.667. The van der Waals surface area contributed by atoms with Crippen LogP contribution in [0, 0.1) is 0 Å². The van der Waals surface area contributed by atoms with E-state index < -0.39 is 0 Å². The number of hydrogen-bond donors (Lipinski definition) is 1. The van der Waals surface area contributed by atoms with Gasteiger partial charge in [0, 0.05) is 26.3 Å². The van der Waals surface area contributed by atoms with Crippen molar-refractivity contribution in [3.05, 3.63) is 22.4 Å². The predicted molar refractivity (Wildman–Crippen MR) is 66.7 cm³/mol. The lowest BCUT2D eigenvalue weighted by atomic mass is 10.0. The zero-order valence-electron chi connectivity index (χ0n) is 9.82. The lowest BCUT2D eigenvalue weighted by molar-refractivity contribution is 0.184. The highest BCUT2D eigenvalue weighted by atomic mass is 32.1.